The Morgan fingerprint density at radius 3 is 2.08 bits per heavy atom. The van der Waals surface area contributed by atoms with E-state index >= 15 is 0 Å². The van der Waals surface area contributed by atoms with Crippen LogP contribution in [0, 0.1) is 11.6 Å². The molecule has 1 amide bonds. The molecule has 0 spiro atoms. The lowest BCUT2D eigenvalue weighted by molar-refractivity contribution is -0.139. The largest absolute Gasteiger partial charge is 0.481 e. The highest BCUT2D eigenvalue weighted by Gasteiger charge is 2.40. The summed E-state index contributed by atoms with van der Waals surface area (Å²) in [5.41, 5.74) is 1.16. The number of aliphatic hydroxyl groups is 2. The van der Waals surface area contributed by atoms with E-state index in [1.165, 1.54) is 52.8 Å². The first-order valence-corrected chi connectivity index (χ1v) is 17.7. The van der Waals surface area contributed by atoms with E-state index < -0.39 is 69.9 Å². The van der Waals surface area contributed by atoms with Crippen molar-refractivity contribution in [1.29, 1.82) is 0 Å². The molecular formula is C35H45F2N3O8S. The third kappa shape index (κ3) is 9.44. The Balaban J connectivity index is 1.88. The summed E-state index contributed by atoms with van der Waals surface area (Å²) in [6.07, 6.45) is -3.50. The molecule has 2 heterocycles. The summed E-state index contributed by atoms with van der Waals surface area (Å²) >= 11 is 0. The van der Waals surface area contributed by atoms with Crippen LogP contribution in [-0.4, -0.2) is 81.6 Å². The number of carbonyl (C=O) groups excluding carboxylic acids is 1. The van der Waals surface area contributed by atoms with Gasteiger partial charge in [0.2, 0.25) is 10.0 Å². The second-order valence-corrected chi connectivity index (χ2v) is 15.6. The van der Waals surface area contributed by atoms with E-state index in [4.69, 9.17) is 9.84 Å². The van der Waals surface area contributed by atoms with Crippen LogP contribution < -0.4 is 5.32 Å². The molecule has 1 aromatic heterocycles. The highest BCUT2D eigenvalue weighted by Crippen LogP contribution is 2.46. The first kappa shape index (κ1) is 38.0. The average Bonchev–Trinajstić information content (AvgIpc) is 3.59. The Bertz CT molecular complexity index is 1740. The summed E-state index contributed by atoms with van der Waals surface area (Å²) < 4.78 is 66.4. The number of nitrogens with zero attached hydrogens (tertiary/aromatic N) is 2. The van der Waals surface area contributed by atoms with Crippen molar-refractivity contribution in [3.63, 3.8) is 0 Å². The summed E-state index contributed by atoms with van der Waals surface area (Å²) in [6.45, 7) is 8.93. The van der Waals surface area contributed by atoms with Gasteiger partial charge in [-0.05, 0) is 93.5 Å². The zero-order chi connectivity index (χ0) is 36.3. The second kappa shape index (κ2) is 15.4. The Labute approximate surface area is 285 Å². The summed E-state index contributed by atoms with van der Waals surface area (Å²) in [5, 5.41) is 32.7. The highest BCUT2D eigenvalue weighted by molar-refractivity contribution is 7.89. The molecule has 1 fully saturated rings. The van der Waals surface area contributed by atoms with Crippen LogP contribution in [0.5, 0.6) is 0 Å². The van der Waals surface area contributed by atoms with Gasteiger partial charge < -0.3 is 29.9 Å². The van der Waals surface area contributed by atoms with E-state index in [0.29, 0.717) is 28.9 Å². The Morgan fingerprint density at radius 1 is 0.980 bits per heavy atom. The third-order valence-electron chi connectivity index (χ3n) is 8.16. The summed E-state index contributed by atoms with van der Waals surface area (Å²) in [4.78, 5) is 23.5. The van der Waals surface area contributed by atoms with Crippen LogP contribution >= 0.6 is 0 Å². The summed E-state index contributed by atoms with van der Waals surface area (Å²) in [5.74, 6) is -2.66. The molecule has 11 nitrogen and oxygen atoms in total. The van der Waals surface area contributed by atoms with Crippen LogP contribution in [-0.2, 0) is 26.1 Å². The number of rotatable bonds is 13. The Hall–Kier alpha value is -3.85. The van der Waals surface area contributed by atoms with E-state index in [1.807, 2.05) is 13.8 Å². The number of aliphatic hydroxyl groups excluding tert-OH is 2. The van der Waals surface area contributed by atoms with Crippen molar-refractivity contribution >= 4 is 22.1 Å². The smallest absolute Gasteiger partial charge is 0.407 e. The highest BCUT2D eigenvalue weighted by atomic mass is 32.2. The van der Waals surface area contributed by atoms with Crippen molar-refractivity contribution in [1.82, 2.24) is 14.2 Å². The van der Waals surface area contributed by atoms with E-state index in [9.17, 15) is 37.0 Å². The van der Waals surface area contributed by atoms with Gasteiger partial charge in [0.25, 0.3) is 0 Å². The number of nitrogens with one attached hydrogen (secondary N) is 1. The van der Waals surface area contributed by atoms with Crippen LogP contribution in [0.3, 0.4) is 0 Å². The van der Waals surface area contributed by atoms with Crippen molar-refractivity contribution in [3.05, 3.63) is 65.9 Å². The first-order chi connectivity index (χ1) is 22.9. The topological polar surface area (TPSA) is 158 Å². The molecule has 14 heteroatoms. The first-order valence-electron chi connectivity index (χ1n) is 16.2. The van der Waals surface area contributed by atoms with Crippen molar-refractivity contribution in [2.24, 2.45) is 0 Å². The van der Waals surface area contributed by atoms with Gasteiger partial charge in [0.1, 0.15) is 22.1 Å². The van der Waals surface area contributed by atoms with Gasteiger partial charge in [-0.1, -0.05) is 26.0 Å². The molecule has 2 aromatic carbocycles. The fourth-order valence-corrected chi connectivity index (χ4v) is 8.20. The summed E-state index contributed by atoms with van der Waals surface area (Å²) in [7, 11) is -4.31. The molecule has 0 radical (unpaired) electrons. The molecule has 0 aliphatic carbocycles. The number of carboxylic acids is 1. The van der Waals surface area contributed by atoms with Crippen LogP contribution in [0.25, 0.3) is 22.4 Å². The van der Waals surface area contributed by atoms with Crippen molar-refractivity contribution in [2.75, 3.05) is 13.1 Å². The van der Waals surface area contributed by atoms with Gasteiger partial charge >= 0.3 is 12.1 Å². The number of sulfonamides is 1. The molecule has 3 aromatic rings. The van der Waals surface area contributed by atoms with Crippen LogP contribution in [0.2, 0.25) is 0 Å². The number of benzene rings is 2. The molecule has 0 bridgehead atoms. The van der Waals surface area contributed by atoms with E-state index in [-0.39, 0.29) is 42.9 Å². The predicted molar refractivity (Wildman–Crippen MR) is 179 cm³/mol. The van der Waals surface area contributed by atoms with Gasteiger partial charge in [-0.3, -0.25) is 4.79 Å². The minimum Gasteiger partial charge on any atom is -0.481 e. The maximum absolute atomic E-state index is 14.8. The van der Waals surface area contributed by atoms with Gasteiger partial charge in [0.05, 0.1) is 24.3 Å². The van der Waals surface area contributed by atoms with Gasteiger partial charge in [-0.2, -0.15) is 4.31 Å². The number of carboxylic acid groups (broad SMARTS) is 1. The third-order valence-corrected chi connectivity index (χ3v) is 10.1. The predicted octanol–water partition coefficient (Wildman–Crippen LogP) is 5.49. The zero-order valence-electron chi connectivity index (χ0n) is 28.3. The number of carbonyl (C=O) groups is 2. The number of hydrogen-bond donors (Lipinski definition) is 4. The quantitative estimate of drug-likeness (QED) is 0.182. The lowest BCUT2D eigenvalue weighted by Crippen LogP contribution is -2.41. The normalized spacial score (nSPS) is 16.9. The lowest BCUT2D eigenvalue weighted by Gasteiger charge is -2.23. The minimum absolute atomic E-state index is 0.0210. The number of halogens is 2. The maximum Gasteiger partial charge on any atom is 0.407 e. The number of aromatic nitrogens is 1. The average molecular weight is 706 g/mol. The van der Waals surface area contributed by atoms with Crippen LogP contribution in [0.15, 0.2) is 53.4 Å². The fraction of sp³-hybridized carbons (Fsp3) is 0.486. The number of aliphatic carboxylic acids is 1. The Morgan fingerprint density at radius 2 is 1.55 bits per heavy atom. The van der Waals surface area contributed by atoms with Crippen LogP contribution in [0.4, 0.5) is 13.6 Å². The fourth-order valence-electron chi connectivity index (χ4n) is 6.14. The monoisotopic (exact) mass is 705 g/mol. The van der Waals surface area contributed by atoms with E-state index in [2.05, 4.69) is 5.32 Å². The Kier molecular flexibility index (Phi) is 11.9. The lowest BCUT2D eigenvalue weighted by atomic mass is 10.00. The van der Waals surface area contributed by atoms with Gasteiger partial charge in [0.15, 0.2) is 0 Å². The van der Waals surface area contributed by atoms with Crippen LogP contribution in [0.1, 0.15) is 71.9 Å². The minimum atomic E-state index is -4.31. The molecular weight excluding hydrogens is 660 g/mol. The van der Waals surface area contributed by atoms with Crippen molar-refractivity contribution in [2.45, 2.75) is 102 Å². The van der Waals surface area contributed by atoms with Crippen molar-refractivity contribution < 1.29 is 46.8 Å². The SMILES string of the molecule is CC(C)c1c(S(=O)(=O)N2CCC(NC(=O)OC(C)(C)C)C2)c(-c2ccc(F)cc2)c(-c2ccc(F)cc2)n1CCC(O)CC(O)CC(=O)O. The number of alkyl carbamates (subject to hydrolysis) is 1. The molecule has 4 N–H and O–H groups in total. The molecule has 268 valence electrons. The molecule has 4 rings (SSSR count). The van der Waals surface area contributed by atoms with E-state index in [1.54, 1.807) is 25.3 Å². The standard InChI is InChI=1S/C35H45F2N3O8S/c1-21(2)31-33(49(46,47)39-16-14-26(20-39)38-34(45)48-35(3,4)5)30(22-6-10-24(36)11-7-22)32(23-8-12-25(37)13-9-23)40(31)17-15-27(41)18-28(42)19-29(43)44/h6-13,21,26-28,41-42H,14-20H2,1-5H3,(H,38,45)(H,43,44). The number of amides is 1. The summed E-state index contributed by atoms with van der Waals surface area (Å²) in [6, 6.07) is 10.4. The van der Waals surface area contributed by atoms with Crippen molar-refractivity contribution in [3.8, 4) is 22.4 Å². The second-order valence-electron chi connectivity index (χ2n) is 13.7. The molecule has 3 unspecified atom stereocenters. The molecule has 1 aliphatic rings. The van der Waals surface area contributed by atoms with E-state index in [0.717, 1.165) is 0 Å². The van der Waals surface area contributed by atoms with Gasteiger partial charge in [-0.15, -0.1) is 0 Å². The molecule has 1 aliphatic heterocycles. The zero-order valence-corrected chi connectivity index (χ0v) is 29.1. The molecule has 0 saturated carbocycles. The maximum atomic E-state index is 14.8. The van der Waals surface area contributed by atoms with Gasteiger partial charge in [-0.25, -0.2) is 22.0 Å². The van der Waals surface area contributed by atoms with Gasteiger partial charge in [0, 0.05) is 36.9 Å². The number of hydrogen-bond acceptors (Lipinski definition) is 7. The molecule has 1 saturated heterocycles. The molecule has 49 heavy (non-hydrogen) atoms. The number of ether oxygens (including phenoxy) is 1. The molecule has 3 atom stereocenters.